The lowest BCUT2D eigenvalue weighted by molar-refractivity contribution is -0.131. The highest BCUT2D eigenvalue weighted by Crippen LogP contribution is 2.21. The van der Waals surface area contributed by atoms with Crippen LogP contribution in [0, 0.1) is 12.7 Å². The van der Waals surface area contributed by atoms with E-state index < -0.39 is 0 Å². The largest absolute Gasteiger partial charge is 0.451 e. The fourth-order valence-corrected chi connectivity index (χ4v) is 3.61. The Balaban J connectivity index is 1.38. The molecule has 8 heteroatoms. The third-order valence-electron chi connectivity index (χ3n) is 5.15. The SMILES string of the molecule is Cc1[nH]cnc1CC(=O)N1CCC[C@@H]1CNC(=O)c1cc2cc(F)ccc2o1. The van der Waals surface area contributed by atoms with Gasteiger partial charge in [-0.1, -0.05) is 0 Å². The zero-order valence-electron chi connectivity index (χ0n) is 15.5. The second-order valence-corrected chi connectivity index (χ2v) is 7.04. The summed E-state index contributed by atoms with van der Waals surface area (Å²) in [5.41, 5.74) is 2.09. The molecule has 28 heavy (non-hydrogen) atoms. The summed E-state index contributed by atoms with van der Waals surface area (Å²) >= 11 is 0. The third-order valence-corrected chi connectivity index (χ3v) is 5.15. The van der Waals surface area contributed by atoms with Crippen LogP contribution in [-0.4, -0.2) is 45.8 Å². The van der Waals surface area contributed by atoms with E-state index in [-0.39, 0.29) is 35.9 Å². The van der Waals surface area contributed by atoms with Gasteiger partial charge in [0.05, 0.1) is 18.4 Å². The summed E-state index contributed by atoms with van der Waals surface area (Å²) < 4.78 is 18.8. The molecule has 0 aliphatic carbocycles. The molecular formula is C20H21FN4O3. The van der Waals surface area contributed by atoms with Gasteiger partial charge in [-0.25, -0.2) is 9.37 Å². The summed E-state index contributed by atoms with van der Waals surface area (Å²) in [7, 11) is 0. The van der Waals surface area contributed by atoms with Crippen molar-refractivity contribution in [2.24, 2.45) is 0 Å². The average molecular weight is 384 g/mol. The zero-order valence-corrected chi connectivity index (χ0v) is 15.5. The number of carbonyl (C=O) groups is 2. The summed E-state index contributed by atoms with van der Waals surface area (Å²) in [6.07, 6.45) is 3.56. The molecule has 2 amide bonds. The Morgan fingerprint density at radius 2 is 2.25 bits per heavy atom. The van der Waals surface area contributed by atoms with Crippen LogP contribution in [0.3, 0.4) is 0 Å². The Labute approximate surface area is 160 Å². The van der Waals surface area contributed by atoms with E-state index in [9.17, 15) is 14.0 Å². The molecule has 1 aliphatic heterocycles. The normalized spacial score (nSPS) is 16.6. The summed E-state index contributed by atoms with van der Waals surface area (Å²) in [5, 5.41) is 3.37. The molecular weight excluding hydrogens is 363 g/mol. The molecule has 3 aromatic rings. The van der Waals surface area contributed by atoms with Crippen LogP contribution in [0.25, 0.3) is 11.0 Å². The van der Waals surface area contributed by atoms with Crippen molar-refractivity contribution in [3.63, 3.8) is 0 Å². The minimum atomic E-state index is -0.382. The highest BCUT2D eigenvalue weighted by molar-refractivity contribution is 5.96. The zero-order chi connectivity index (χ0) is 19.7. The van der Waals surface area contributed by atoms with Crippen molar-refractivity contribution in [1.82, 2.24) is 20.2 Å². The number of aromatic nitrogens is 2. The number of halogens is 1. The van der Waals surface area contributed by atoms with Crippen LogP contribution >= 0.6 is 0 Å². The van der Waals surface area contributed by atoms with Gasteiger partial charge in [0, 0.05) is 30.2 Å². The van der Waals surface area contributed by atoms with Crippen molar-refractivity contribution in [2.45, 2.75) is 32.2 Å². The smallest absolute Gasteiger partial charge is 0.287 e. The number of rotatable bonds is 5. The summed E-state index contributed by atoms with van der Waals surface area (Å²) in [6, 6.07) is 5.57. The molecule has 0 spiro atoms. The van der Waals surface area contributed by atoms with Crippen molar-refractivity contribution in [2.75, 3.05) is 13.1 Å². The molecule has 0 unspecified atom stereocenters. The molecule has 1 aliphatic rings. The number of nitrogens with one attached hydrogen (secondary N) is 2. The number of imidazole rings is 1. The summed E-state index contributed by atoms with van der Waals surface area (Å²) in [4.78, 5) is 34.0. The Bertz CT molecular complexity index is 1030. The average Bonchev–Trinajstić information content (AvgIpc) is 3.39. The lowest BCUT2D eigenvalue weighted by atomic mass is 10.2. The minimum Gasteiger partial charge on any atom is -0.451 e. The van der Waals surface area contributed by atoms with Crippen LogP contribution in [0.1, 0.15) is 34.8 Å². The lowest BCUT2D eigenvalue weighted by Gasteiger charge is -2.24. The van der Waals surface area contributed by atoms with E-state index in [4.69, 9.17) is 4.42 Å². The van der Waals surface area contributed by atoms with Crippen molar-refractivity contribution in [3.05, 3.63) is 53.6 Å². The molecule has 2 N–H and O–H groups in total. The van der Waals surface area contributed by atoms with Crippen LogP contribution in [-0.2, 0) is 11.2 Å². The van der Waals surface area contributed by atoms with Crippen molar-refractivity contribution < 1.29 is 18.4 Å². The van der Waals surface area contributed by atoms with Crippen molar-refractivity contribution in [1.29, 1.82) is 0 Å². The van der Waals surface area contributed by atoms with Gasteiger partial charge >= 0.3 is 0 Å². The maximum Gasteiger partial charge on any atom is 0.287 e. The number of furan rings is 1. The van der Waals surface area contributed by atoms with Gasteiger partial charge in [-0.15, -0.1) is 0 Å². The van der Waals surface area contributed by atoms with E-state index in [2.05, 4.69) is 15.3 Å². The molecule has 4 rings (SSSR count). The first-order valence-corrected chi connectivity index (χ1v) is 9.27. The maximum atomic E-state index is 13.3. The number of aryl methyl sites for hydroxylation is 1. The van der Waals surface area contributed by atoms with Gasteiger partial charge in [-0.3, -0.25) is 9.59 Å². The first-order chi connectivity index (χ1) is 13.5. The number of aromatic amines is 1. The van der Waals surface area contributed by atoms with Gasteiger partial charge in [0.25, 0.3) is 5.91 Å². The van der Waals surface area contributed by atoms with Crippen LogP contribution in [0.5, 0.6) is 0 Å². The van der Waals surface area contributed by atoms with E-state index in [0.29, 0.717) is 24.1 Å². The first kappa shape index (κ1) is 18.2. The van der Waals surface area contributed by atoms with Gasteiger partial charge in [0.15, 0.2) is 5.76 Å². The number of nitrogens with zero attached hydrogens (tertiary/aromatic N) is 2. The maximum absolute atomic E-state index is 13.3. The second-order valence-electron chi connectivity index (χ2n) is 7.04. The molecule has 2 aromatic heterocycles. The topological polar surface area (TPSA) is 91.2 Å². The van der Waals surface area contributed by atoms with Crippen LogP contribution in [0.4, 0.5) is 4.39 Å². The number of benzene rings is 1. The van der Waals surface area contributed by atoms with E-state index >= 15 is 0 Å². The highest BCUT2D eigenvalue weighted by atomic mass is 19.1. The molecule has 1 saturated heterocycles. The fourth-order valence-electron chi connectivity index (χ4n) is 3.61. The van der Waals surface area contributed by atoms with Gasteiger partial charge in [0.2, 0.25) is 5.91 Å². The Morgan fingerprint density at radius 3 is 3.04 bits per heavy atom. The summed E-state index contributed by atoms with van der Waals surface area (Å²) in [5.74, 6) is -0.624. The van der Waals surface area contributed by atoms with E-state index in [1.807, 2.05) is 11.8 Å². The summed E-state index contributed by atoms with van der Waals surface area (Å²) in [6.45, 7) is 2.90. The van der Waals surface area contributed by atoms with Gasteiger partial charge in [-0.2, -0.15) is 0 Å². The number of H-pyrrole nitrogens is 1. The number of amides is 2. The van der Waals surface area contributed by atoms with Gasteiger partial charge in [0.1, 0.15) is 11.4 Å². The fraction of sp³-hybridized carbons (Fsp3) is 0.350. The molecule has 146 valence electrons. The van der Waals surface area contributed by atoms with Crippen molar-refractivity contribution >= 4 is 22.8 Å². The predicted molar refractivity (Wildman–Crippen MR) is 100 cm³/mol. The van der Waals surface area contributed by atoms with Gasteiger partial charge < -0.3 is 19.6 Å². The van der Waals surface area contributed by atoms with Gasteiger partial charge in [-0.05, 0) is 44.0 Å². The molecule has 0 radical (unpaired) electrons. The molecule has 3 heterocycles. The number of fused-ring (bicyclic) bond motifs is 1. The minimum absolute atomic E-state index is 0.00570. The predicted octanol–water partition coefficient (Wildman–Crippen LogP) is 2.57. The Morgan fingerprint density at radius 1 is 1.39 bits per heavy atom. The molecule has 0 saturated carbocycles. The number of hydrogen-bond donors (Lipinski definition) is 2. The van der Waals surface area contributed by atoms with Crippen LogP contribution in [0.15, 0.2) is 35.0 Å². The lowest BCUT2D eigenvalue weighted by Crippen LogP contribution is -2.43. The van der Waals surface area contributed by atoms with Crippen LogP contribution < -0.4 is 5.32 Å². The van der Waals surface area contributed by atoms with Crippen LogP contribution in [0.2, 0.25) is 0 Å². The highest BCUT2D eigenvalue weighted by Gasteiger charge is 2.29. The number of carbonyl (C=O) groups excluding carboxylic acids is 2. The molecule has 7 nitrogen and oxygen atoms in total. The Kier molecular flexibility index (Phi) is 4.85. The monoisotopic (exact) mass is 384 g/mol. The third kappa shape index (κ3) is 3.62. The number of hydrogen-bond acceptors (Lipinski definition) is 4. The molecule has 1 aromatic carbocycles. The van der Waals surface area contributed by atoms with Crippen molar-refractivity contribution in [3.8, 4) is 0 Å². The van der Waals surface area contributed by atoms with E-state index in [1.165, 1.54) is 24.3 Å². The molecule has 1 fully saturated rings. The quantitative estimate of drug-likeness (QED) is 0.707. The molecule has 0 bridgehead atoms. The second kappa shape index (κ2) is 7.46. The Hall–Kier alpha value is -3.16. The standard InChI is InChI=1S/C20H21FN4O3/c1-12-16(24-11-23-12)9-19(26)25-6-2-3-15(25)10-22-20(27)18-8-13-7-14(21)4-5-17(13)28-18/h4-5,7-8,11,15H,2-3,6,9-10H2,1H3,(H,22,27)(H,23,24)/t15-/m1/s1. The first-order valence-electron chi connectivity index (χ1n) is 9.27. The van der Waals surface area contributed by atoms with E-state index in [0.717, 1.165) is 24.2 Å². The molecule has 1 atom stereocenters. The van der Waals surface area contributed by atoms with E-state index in [1.54, 1.807) is 6.33 Å². The number of likely N-dealkylation sites (tertiary alicyclic amines) is 1.